The minimum Gasteiger partial charge on any atom is -0.394 e. The summed E-state index contributed by atoms with van der Waals surface area (Å²) >= 11 is 0. The topological polar surface area (TPSA) is 55.9 Å². The second-order valence-corrected chi connectivity index (χ2v) is 4.99. The summed E-state index contributed by atoms with van der Waals surface area (Å²) in [5.41, 5.74) is 6.71. The van der Waals surface area contributed by atoms with Gasteiger partial charge in [-0.2, -0.15) is 5.10 Å². The molecule has 4 heteroatoms. The Bertz CT molecular complexity index is 337. The molecule has 0 atom stereocenters. The maximum absolute atomic E-state index is 5.95. The van der Waals surface area contributed by atoms with E-state index >= 15 is 0 Å². The Morgan fingerprint density at radius 1 is 1.38 bits per heavy atom. The normalized spacial score (nSPS) is 17.9. The van der Waals surface area contributed by atoms with Crippen molar-refractivity contribution in [2.45, 2.75) is 58.0 Å². The fourth-order valence-electron chi connectivity index (χ4n) is 2.22. The summed E-state index contributed by atoms with van der Waals surface area (Å²) < 4.78 is 1.92. The zero-order chi connectivity index (χ0) is 11.5. The van der Waals surface area contributed by atoms with Gasteiger partial charge in [-0.05, 0) is 26.7 Å². The molecule has 16 heavy (non-hydrogen) atoms. The number of nitrogens with one attached hydrogen (secondary N) is 1. The summed E-state index contributed by atoms with van der Waals surface area (Å²) in [6, 6.07) is 0.927. The molecule has 1 aliphatic rings. The molecule has 0 aliphatic heterocycles. The van der Waals surface area contributed by atoms with E-state index in [1.807, 2.05) is 10.9 Å². The van der Waals surface area contributed by atoms with Crippen molar-refractivity contribution < 1.29 is 0 Å². The molecule has 0 unspecified atom stereocenters. The number of hydrogen-bond donors (Lipinski definition) is 2. The van der Waals surface area contributed by atoms with Crippen LogP contribution in [0, 0.1) is 0 Å². The molecule has 0 amide bonds. The van der Waals surface area contributed by atoms with Gasteiger partial charge in [-0.25, -0.2) is 0 Å². The summed E-state index contributed by atoms with van der Waals surface area (Å²) in [6.07, 6.45) is 8.41. The van der Waals surface area contributed by atoms with E-state index in [0.29, 0.717) is 12.1 Å². The smallest absolute Gasteiger partial charge is 0.171 e. The zero-order valence-electron chi connectivity index (χ0n) is 10.2. The van der Waals surface area contributed by atoms with Gasteiger partial charge in [-0.3, -0.25) is 4.68 Å². The van der Waals surface area contributed by atoms with Crippen molar-refractivity contribution >= 4 is 11.5 Å². The Balaban J connectivity index is 2.02. The van der Waals surface area contributed by atoms with Gasteiger partial charge in [-0.15, -0.1) is 0 Å². The van der Waals surface area contributed by atoms with Gasteiger partial charge in [0.15, 0.2) is 5.82 Å². The summed E-state index contributed by atoms with van der Waals surface area (Å²) in [6.45, 7) is 4.22. The summed E-state index contributed by atoms with van der Waals surface area (Å²) in [5, 5.41) is 7.95. The Morgan fingerprint density at radius 3 is 2.62 bits per heavy atom. The predicted octanol–water partition coefficient (Wildman–Crippen LogP) is 2.79. The van der Waals surface area contributed by atoms with Crippen molar-refractivity contribution in [2.75, 3.05) is 11.1 Å². The number of rotatable bonds is 3. The molecule has 1 heterocycles. The standard InChI is InChI=1S/C12H22N4/c1-9(2)16-8-11(13)12(15-16)14-10-6-4-3-5-7-10/h8-10H,3-7,13H2,1-2H3,(H,14,15). The number of aromatic nitrogens is 2. The SMILES string of the molecule is CC(C)n1cc(N)c(NC2CCCCC2)n1. The fraction of sp³-hybridized carbons (Fsp3) is 0.750. The molecule has 0 saturated heterocycles. The number of nitrogens with two attached hydrogens (primary N) is 1. The monoisotopic (exact) mass is 222 g/mol. The Labute approximate surface area is 97.2 Å². The van der Waals surface area contributed by atoms with Crippen LogP contribution in [0.3, 0.4) is 0 Å². The number of nitrogen functional groups attached to an aromatic ring is 1. The lowest BCUT2D eigenvalue weighted by molar-refractivity contribution is 0.460. The van der Waals surface area contributed by atoms with Crippen LogP contribution in [0.15, 0.2) is 6.20 Å². The van der Waals surface area contributed by atoms with Crippen molar-refractivity contribution in [2.24, 2.45) is 0 Å². The van der Waals surface area contributed by atoms with Crippen LogP contribution < -0.4 is 11.1 Å². The van der Waals surface area contributed by atoms with Crippen LogP contribution in [-0.2, 0) is 0 Å². The van der Waals surface area contributed by atoms with E-state index in [0.717, 1.165) is 11.5 Å². The van der Waals surface area contributed by atoms with Gasteiger partial charge < -0.3 is 11.1 Å². The van der Waals surface area contributed by atoms with E-state index in [4.69, 9.17) is 5.73 Å². The molecule has 1 saturated carbocycles. The van der Waals surface area contributed by atoms with Gasteiger partial charge in [0.05, 0.1) is 11.9 Å². The average Bonchev–Trinajstić information content (AvgIpc) is 2.62. The highest BCUT2D eigenvalue weighted by Crippen LogP contribution is 2.24. The van der Waals surface area contributed by atoms with Crippen molar-refractivity contribution in [3.63, 3.8) is 0 Å². The molecule has 0 spiro atoms. The number of hydrogen-bond acceptors (Lipinski definition) is 3. The van der Waals surface area contributed by atoms with Gasteiger partial charge in [-0.1, -0.05) is 19.3 Å². The maximum atomic E-state index is 5.95. The van der Waals surface area contributed by atoms with Gasteiger partial charge in [0.2, 0.25) is 0 Å². The average molecular weight is 222 g/mol. The van der Waals surface area contributed by atoms with Crippen molar-refractivity contribution in [1.29, 1.82) is 0 Å². The van der Waals surface area contributed by atoms with Crippen LogP contribution in [0.1, 0.15) is 52.0 Å². The van der Waals surface area contributed by atoms with E-state index < -0.39 is 0 Å². The zero-order valence-corrected chi connectivity index (χ0v) is 10.2. The highest BCUT2D eigenvalue weighted by Gasteiger charge is 2.16. The highest BCUT2D eigenvalue weighted by molar-refractivity contribution is 5.60. The lowest BCUT2D eigenvalue weighted by Crippen LogP contribution is -2.23. The molecular formula is C12H22N4. The van der Waals surface area contributed by atoms with Gasteiger partial charge in [0, 0.05) is 12.1 Å². The van der Waals surface area contributed by atoms with Crippen LogP contribution in [0.5, 0.6) is 0 Å². The van der Waals surface area contributed by atoms with Crippen LogP contribution in [0.2, 0.25) is 0 Å². The molecule has 1 aromatic rings. The van der Waals surface area contributed by atoms with Crippen LogP contribution >= 0.6 is 0 Å². The molecule has 1 aliphatic carbocycles. The first-order valence-corrected chi connectivity index (χ1v) is 6.28. The lowest BCUT2D eigenvalue weighted by atomic mass is 9.95. The molecular weight excluding hydrogens is 200 g/mol. The molecule has 90 valence electrons. The molecule has 4 nitrogen and oxygen atoms in total. The summed E-state index contributed by atoms with van der Waals surface area (Å²) in [5.74, 6) is 0.862. The van der Waals surface area contributed by atoms with E-state index in [2.05, 4.69) is 24.3 Å². The molecule has 0 bridgehead atoms. The second kappa shape index (κ2) is 4.76. The summed E-state index contributed by atoms with van der Waals surface area (Å²) in [4.78, 5) is 0. The second-order valence-electron chi connectivity index (χ2n) is 4.99. The van der Waals surface area contributed by atoms with Crippen LogP contribution in [-0.4, -0.2) is 15.8 Å². The first-order valence-electron chi connectivity index (χ1n) is 6.28. The van der Waals surface area contributed by atoms with Gasteiger partial charge in [0.1, 0.15) is 0 Å². The third-order valence-electron chi connectivity index (χ3n) is 3.24. The predicted molar refractivity (Wildman–Crippen MR) is 67.5 cm³/mol. The molecule has 0 aromatic carbocycles. The van der Waals surface area contributed by atoms with E-state index in [1.165, 1.54) is 32.1 Å². The van der Waals surface area contributed by atoms with E-state index in [1.54, 1.807) is 0 Å². The largest absolute Gasteiger partial charge is 0.394 e. The number of anilines is 2. The molecule has 1 aromatic heterocycles. The maximum Gasteiger partial charge on any atom is 0.171 e. The Morgan fingerprint density at radius 2 is 2.06 bits per heavy atom. The Kier molecular flexibility index (Phi) is 3.36. The minimum absolute atomic E-state index is 0.365. The summed E-state index contributed by atoms with van der Waals surface area (Å²) in [7, 11) is 0. The van der Waals surface area contributed by atoms with E-state index in [-0.39, 0.29) is 0 Å². The van der Waals surface area contributed by atoms with Crippen molar-refractivity contribution in [3.05, 3.63) is 6.20 Å². The third kappa shape index (κ3) is 2.49. The number of nitrogens with zero attached hydrogens (tertiary/aromatic N) is 2. The first-order chi connectivity index (χ1) is 7.66. The fourth-order valence-corrected chi connectivity index (χ4v) is 2.22. The Hall–Kier alpha value is -1.19. The first kappa shape index (κ1) is 11.3. The quantitative estimate of drug-likeness (QED) is 0.826. The van der Waals surface area contributed by atoms with Crippen molar-refractivity contribution in [3.8, 4) is 0 Å². The molecule has 0 radical (unpaired) electrons. The molecule has 1 fully saturated rings. The third-order valence-corrected chi connectivity index (χ3v) is 3.24. The minimum atomic E-state index is 0.365. The molecule has 2 rings (SSSR count). The molecule has 3 N–H and O–H groups in total. The van der Waals surface area contributed by atoms with Gasteiger partial charge in [0.25, 0.3) is 0 Å². The van der Waals surface area contributed by atoms with Crippen LogP contribution in [0.25, 0.3) is 0 Å². The highest BCUT2D eigenvalue weighted by atomic mass is 15.3. The van der Waals surface area contributed by atoms with Crippen LogP contribution in [0.4, 0.5) is 11.5 Å². The van der Waals surface area contributed by atoms with E-state index in [9.17, 15) is 0 Å². The van der Waals surface area contributed by atoms with Crippen molar-refractivity contribution in [1.82, 2.24) is 9.78 Å². The van der Waals surface area contributed by atoms with Gasteiger partial charge >= 0.3 is 0 Å². The lowest BCUT2D eigenvalue weighted by Gasteiger charge is -2.22.